The van der Waals surface area contributed by atoms with Crippen LogP contribution in [0.2, 0.25) is 0 Å². The SMILES string of the molecule is COc1ccc(-c2cc(C(F)(F)Br)nn2-c2ccccc2S(N)(=O)=O)cc1F. The number of primary sulfonamides is 1. The maximum absolute atomic E-state index is 14.2. The van der Waals surface area contributed by atoms with Gasteiger partial charge in [-0.1, -0.05) is 12.1 Å². The summed E-state index contributed by atoms with van der Waals surface area (Å²) in [6.07, 6.45) is 0. The van der Waals surface area contributed by atoms with Gasteiger partial charge in [0.2, 0.25) is 10.0 Å². The number of benzene rings is 2. The van der Waals surface area contributed by atoms with E-state index in [9.17, 15) is 21.6 Å². The average Bonchev–Trinajstić information content (AvgIpc) is 3.06. The Bertz CT molecular complexity index is 1140. The van der Waals surface area contributed by atoms with Crippen molar-refractivity contribution in [2.45, 2.75) is 9.73 Å². The van der Waals surface area contributed by atoms with Crippen LogP contribution < -0.4 is 9.88 Å². The van der Waals surface area contributed by atoms with Crippen molar-refractivity contribution in [1.29, 1.82) is 0 Å². The minimum absolute atomic E-state index is 0.0341. The molecule has 3 aromatic rings. The Balaban J connectivity index is 2.31. The van der Waals surface area contributed by atoms with Crippen LogP contribution in [0.5, 0.6) is 5.75 Å². The van der Waals surface area contributed by atoms with E-state index in [4.69, 9.17) is 9.88 Å². The maximum Gasteiger partial charge on any atom is 0.344 e. The Labute approximate surface area is 166 Å². The highest BCUT2D eigenvalue weighted by Crippen LogP contribution is 2.38. The third-order valence-corrected chi connectivity index (χ3v) is 5.21. The predicted octanol–water partition coefficient (Wildman–Crippen LogP) is 3.78. The summed E-state index contributed by atoms with van der Waals surface area (Å²) in [6, 6.07) is 10.3. The lowest BCUT2D eigenvalue weighted by atomic mass is 10.1. The molecule has 1 aromatic heterocycles. The molecule has 0 saturated carbocycles. The molecule has 148 valence electrons. The summed E-state index contributed by atoms with van der Waals surface area (Å²) < 4.78 is 71.5. The van der Waals surface area contributed by atoms with Crippen LogP contribution in [0.15, 0.2) is 53.4 Å². The van der Waals surface area contributed by atoms with Crippen molar-refractivity contribution in [3.05, 3.63) is 60.0 Å². The monoisotopic (exact) mass is 475 g/mol. The molecule has 0 saturated heterocycles. The molecule has 11 heteroatoms. The van der Waals surface area contributed by atoms with Crippen LogP contribution in [0.3, 0.4) is 0 Å². The number of hydrogen-bond acceptors (Lipinski definition) is 4. The largest absolute Gasteiger partial charge is 0.494 e. The molecular weight excluding hydrogens is 463 g/mol. The van der Waals surface area contributed by atoms with E-state index in [1.165, 1.54) is 43.5 Å². The second-order valence-corrected chi connectivity index (χ2v) is 8.21. The molecule has 0 amide bonds. The standard InChI is InChI=1S/C17H13BrF3N3O3S/c1-27-14-7-6-10(8-11(14)19)13-9-16(17(18,20)21)23-24(13)12-4-2-3-5-15(12)28(22,25)26/h2-9H,1H3,(H2,22,25,26). The second-order valence-electron chi connectivity index (χ2n) is 5.69. The first-order valence-electron chi connectivity index (χ1n) is 7.66. The second kappa shape index (κ2) is 7.22. The summed E-state index contributed by atoms with van der Waals surface area (Å²) in [6.45, 7) is 0. The molecular formula is C17H13BrF3N3O3S. The number of methoxy groups -OCH3 is 1. The van der Waals surface area contributed by atoms with Gasteiger partial charge in [-0.2, -0.15) is 13.9 Å². The van der Waals surface area contributed by atoms with E-state index in [0.717, 1.165) is 16.8 Å². The summed E-state index contributed by atoms with van der Waals surface area (Å²) in [5.74, 6) is -0.759. The van der Waals surface area contributed by atoms with Gasteiger partial charge in [0.15, 0.2) is 11.6 Å². The van der Waals surface area contributed by atoms with Gasteiger partial charge in [0.05, 0.1) is 18.5 Å². The molecule has 1 heterocycles. The number of rotatable bonds is 5. The Hall–Kier alpha value is -2.37. The molecule has 0 radical (unpaired) electrons. The number of sulfonamides is 1. The quantitative estimate of drug-likeness (QED) is 0.568. The number of para-hydroxylation sites is 1. The zero-order valence-electron chi connectivity index (χ0n) is 14.2. The maximum atomic E-state index is 14.2. The van der Waals surface area contributed by atoms with Crippen LogP contribution in [0.1, 0.15) is 5.69 Å². The van der Waals surface area contributed by atoms with Crippen LogP contribution in [0.25, 0.3) is 16.9 Å². The van der Waals surface area contributed by atoms with Crippen LogP contribution in [0.4, 0.5) is 13.2 Å². The normalized spacial score (nSPS) is 12.2. The van der Waals surface area contributed by atoms with E-state index in [-0.39, 0.29) is 27.6 Å². The minimum atomic E-state index is -4.18. The molecule has 0 aliphatic heterocycles. The van der Waals surface area contributed by atoms with E-state index in [1.54, 1.807) is 0 Å². The van der Waals surface area contributed by atoms with Gasteiger partial charge in [0.1, 0.15) is 10.6 Å². The summed E-state index contributed by atoms with van der Waals surface area (Å²) >= 11 is 2.23. The van der Waals surface area contributed by atoms with E-state index in [0.29, 0.717) is 0 Å². The zero-order chi connectivity index (χ0) is 20.7. The first-order valence-corrected chi connectivity index (χ1v) is 9.99. The summed E-state index contributed by atoms with van der Waals surface area (Å²) in [7, 11) is -2.89. The molecule has 0 aliphatic carbocycles. The average molecular weight is 476 g/mol. The molecule has 0 unspecified atom stereocenters. The lowest BCUT2D eigenvalue weighted by Gasteiger charge is -2.12. The molecule has 0 spiro atoms. The van der Waals surface area contributed by atoms with E-state index in [1.807, 2.05) is 0 Å². The van der Waals surface area contributed by atoms with Crippen molar-refractivity contribution < 1.29 is 26.3 Å². The van der Waals surface area contributed by atoms with Gasteiger partial charge in [-0.25, -0.2) is 22.6 Å². The van der Waals surface area contributed by atoms with Gasteiger partial charge in [-0.15, -0.1) is 0 Å². The smallest absolute Gasteiger partial charge is 0.344 e. The van der Waals surface area contributed by atoms with Crippen molar-refractivity contribution in [3.8, 4) is 22.7 Å². The Kier molecular flexibility index (Phi) is 5.26. The summed E-state index contributed by atoms with van der Waals surface area (Å²) in [5.41, 5.74) is -0.535. The zero-order valence-corrected chi connectivity index (χ0v) is 16.6. The minimum Gasteiger partial charge on any atom is -0.494 e. The van der Waals surface area contributed by atoms with Crippen LogP contribution in [0, 0.1) is 5.82 Å². The number of ether oxygens (including phenoxy) is 1. The fourth-order valence-corrected chi connectivity index (χ4v) is 3.52. The summed E-state index contributed by atoms with van der Waals surface area (Å²) in [4.78, 5) is -3.81. The predicted molar refractivity (Wildman–Crippen MR) is 99.7 cm³/mol. The molecule has 6 nitrogen and oxygen atoms in total. The third-order valence-electron chi connectivity index (χ3n) is 3.85. The lowest BCUT2D eigenvalue weighted by molar-refractivity contribution is 0.109. The first-order chi connectivity index (χ1) is 13.0. The van der Waals surface area contributed by atoms with Crippen LogP contribution >= 0.6 is 15.9 Å². The third kappa shape index (κ3) is 3.91. The fraction of sp³-hybridized carbons (Fsp3) is 0.118. The van der Waals surface area contributed by atoms with E-state index >= 15 is 0 Å². The fourth-order valence-electron chi connectivity index (χ4n) is 2.61. The highest BCUT2D eigenvalue weighted by atomic mass is 79.9. The van der Waals surface area contributed by atoms with Gasteiger partial charge in [0, 0.05) is 5.56 Å². The van der Waals surface area contributed by atoms with Gasteiger partial charge in [-0.3, -0.25) is 0 Å². The highest BCUT2D eigenvalue weighted by molar-refractivity contribution is 9.09. The number of nitrogens with two attached hydrogens (primary N) is 1. The van der Waals surface area contributed by atoms with Crippen molar-refractivity contribution in [1.82, 2.24) is 9.78 Å². The highest BCUT2D eigenvalue weighted by Gasteiger charge is 2.33. The van der Waals surface area contributed by atoms with Gasteiger partial charge in [0.25, 0.3) is 0 Å². The van der Waals surface area contributed by atoms with Gasteiger partial charge in [-0.05, 0) is 52.3 Å². The molecule has 2 aromatic carbocycles. The van der Waals surface area contributed by atoms with Gasteiger partial charge >= 0.3 is 4.83 Å². The molecule has 0 atom stereocenters. The Morgan fingerprint density at radius 2 is 1.86 bits per heavy atom. The van der Waals surface area contributed by atoms with E-state index in [2.05, 4.69) is 21.0 Å². The lowest BCUT2D eigenvalue weighted by Crippen LogP contribution is -2.16. The van der Waals surface area contributed by atoms with Crippen LogP contribution in [-0.2, 0) is 14.9 Å². The number of halogens is 4. The Morgan fingerprint density at radius 1 is 1.18 bits per heavy atom. The first kappa shape index (κ1) is 20.4. The number of nitrogens with zero attached hydrogens (tertiary/aromatic N) is 2. The molecule has 3 rings (SSSR count). The molecule has 28 heavy (non-hydrogen) atoms. The van der Waals surface area contributed by atoms with Crippen molar-refractivity contribution in [3.63, 3.8) is 0 Å². The van der Waals surface area contributed by atoms with Crippen molar-refractivity contribution >= 4 is 26.0 Å². The van der Waals surface area contributed by atoms with Crippen LogP contribution in [-0.4, -0.2) is 25.3 Å². The number of hydrogen-bond donors (Lipinski definition) is 1. The molecule has 2 N–H and O–H groups in total. The number of aromatic nitrogens is 2. The summed E-state index contributed by atoms with van der Waals surface area (Å²) in [5, 5.41) is 9.06. The van der Waals surface area contributed by atoms with E-state index < -0.39 is 26.4 Å². The van der Waals surface area contributed by atoms with Crippen molar-refractivity contribution in [2.75, 3.05) is 7.11 Å². The molecule has 0 bridgehead atoms. The molecule has 0 fully saturated rings. The number of alkyl halides is 3. The molecule has 0 aliphatic rings. The van der Waals surface area contributed by atoms with Crippen molar-refractivity contribution in [2.24, 2.45) is 5.14 Å². The Morgan fingerprint density at radius 3 is 2.43 bits per heavy atom. The van der Waals surface area contributed by atoms with Gasteiger partial charge < -0.3 is 4.74 Å². The topological polar surface area (TPSA) is 87.2 Å².